The summed E-state index contributed by atoms with van der Waals surface area (Å²) in [5, 5.41) is 3.40. The fourth-order valence-electron chi connectivity index (χ4n) is 3.83. The Morgan fingerprint density at radius 3 is 2.85 bits per heavy atom. The summed E-state index contributed by atoms with van der Waals surface area (Å²) in [6.07, 6.45) is 10.1. The molecule has 1 N–H and O–H groups in total. The van der Waals surface area contributed by atoms with Crippen LogP contribution >= 0.6 is 0 Å². The fourth-order valence-corrected chi connectivity index (χ4v) is 3.83. The van der Waals surface area contributed by atoms with E-state index in [4.69, 9.17) is 0 Å². The molecule has 1 amide bonds. The van der Waals surface area contributed by atoms with Crippen LogP contribution in [0.15, 0.2) is 0 Å². The fraction of sp³-hybridized carbons (Fsp3) is 0.941. The number of carbonyl (C=O) groups excluding carboxylic acids is 1. The van der Waals surface area contributed by atoms with E-state index in [1.165, 1.54) is 32.1 Å². The molecule has 1 heterocycles. The number of piperidine rings is 1. The third kappa shape index (κ3) is 4.47. The van der Waals surface area contributed by atoms with Crippen molar-refractivity contribution in [2.45, 2.75) is 71.3 Å². The van der Waals surface area contributed by atoms with E-state index in [-0.39, 0.29) is 6.04 Å². The number of hydrogen-bond donors (Lipinski definition) is 1. The van der Waals surface area contributed by atoms with Gasteiger partial charge in [0.05, 0.1) is 6.04 Å². The molecule has 1 saturated heterocycles. The van der Waals surface area contributed by atoms with Gasteiger partial charge in [-0.15, -0.1) is 0 Å². The Hall–Kier alpha value is -0.570. The van der Waals surface area contributed by atoms with Crippen molar-refractivity contribution in [2.24, 2.45) is 11.8 Å². The minimum Gasteiger partial charge on any atom is -0.341 e. The third-order valence-electron chi connectivity index (χ3n) is 5.02. The number of nitrogens with zero attached hydrogens (tertiary/aromatic N) is 1. The van der Waals surface area contributed by atoms with Crippen molar-refractivity contribution in [1.29, 1.82) is 0 Å². The molecule has 116 valence electrons. The topological polar surface area (TPSA) is 32.3 Å². The highest BCUT2D eigenvalue weighted by atomic mass is 16.2. The van der Waals surface area contributed by atoms with Gasteiger partial charge in [0.1, 0.15) is 0 Å². The molecule has 0 bridgehead atoms. The monoisotopic (exact) mass is 280 g/mol. The summed E-state index contributed by atoms with van der Waals surface area (Å²) in [7, 11) is 0. The number of likely N-dealkylation sites (tertiary alicyclic amines) is 1. The normalized spacial score (nSPS) is 31.6. The van der Waals surface area contributed by atoms with Gasteiger partial charge < -0.3 is 10.2 Å². The molecule has 2 rings (SSSR count). The van der Waals surface area contributed by atoms with Crippen molar-refractivity contribution < 1.29 is 4.79 Å². The van der Waals surface area contributed by atoms with Gasteiger partial charge in [-0.2, -0.15) is 0 Å². The second-order valence-corrected chi connectivity index (χ2v) is 6.90. The highest BCUT2D eigenvalue weighted by Crippen LogP contribution is 2.31. The number of nitrogens with one attached hydrogen (secondary N) is 1. The van der Waals surface area contributed by atoms with Crippen LogP contribution in [-0.4, -0.2) is 36.5 Å². The van der Waals surface area contributed by atoms with Gasteiger partial charge in [0.2, 0.25) is 5.91 Å². The highest BCUT2D eigenvalue weighted by molar-refractivity contribution is 5.82. The summed E-state index contributed by atoms with van der Waals surface area (Å²) in [5.74, 6) is 2.11. The standard InChI is InChI=1S/C17H32N2O/c1-3-10-18-16-8-5-11-19(17(16)20)12-9-15-7-4-6-14(2)13-15/h14-16,18H,3-13H2,1-2H3. The Morgan fingerprint density at radius 1 is 1.25 bits per heavy atom. The van der Waals surface area contributed by atoms with Crippen LogP contribution in [0, 0.1) is 11.8 Å². The van der Waals surface area contributed by atoms with Crippen LogP contribution in [-0.2, 0) is 4.79 Å². The molecule has 1 saturated carbocycles. The summed E-state index contributed by atoms with van der Waals surface area (Å²) in [4.78, 5) is 14.6. The largest absolute Gasteiger partial charge is 0.341 e. The van der Waals surface area contributed by atoms with E-state index in [1.54, 1.807) is 0 Å². The Bertz CT molecular complexity index is 305. The minimum atomic E-state index is 0.0916. The lowest BCUT2D eigenvalue weighted by Gasteiger charge is -2.35. The van der Waals surface area contributed by atoms with Crippen LogP contribution in [0.25, 0.3) is 0 Å². The van der Waals surface area contributed by atoms with Crippen LogP contribution in [0.5, 0.6) is 0 Å². The van der Waals surface area contributed by atoms with Crippen molar-refractivity contribution in [3.63, 3.8) is 0 Å². The number of rotatable bonds is 6. The van der Waals surface area contributed by atoms with E-state index in [2.05, 4.69) is 24.1 Å². The lowest BCUT2D eigenvalue weighted by molar-refractivity contribution is -0.136. The quantitative estimate of drug-likeness (QED) is 0.810. The molecule has 3 heteroatoms. The molecule has 3 atom stereocenters. The molecule has 3 nitrogen and oxygen atoms in total. The highest BCUT2D eigenvalue weighted by Gasteiger charge is 2.28. The van der Waals surface area contributed by atoms with Crippen LogP contribution in [0.4, 0.5) is 0 Å². The Morgan fingerprint density at radius 2 is 2.10 bits per heavy atom. The predicted molar refractivity (Wildman–Crippen MR) is 83.6 cm³/mol. The van der Waals surface area contributed by atoms with E-state index in [1.807, 2.05) is 0 Å². The van der Waals surface area contributed by atoms with Crippen LogP contribution in [0.2, 0.25) is 0 Å². The number of hydrogen-bond acceptors (Lipinski definition) is 2. The van der Waals surface area contributed by atoms with Gasteiger partial charge in [-0.05, 0) is 50.5 Å². The van der Waals surface area contributed by atoms with Crippen molar-refractivity contribution in [3.8, 4) is 0 Å². The molecule has 1 aliphatic heterocycles. The van der Waals surface area contributed by atoms with Gasteiger partial charge in [-0.3, -0.25) is 4.79 Å². The molecule has 0 spiro atoms. The summed E-state index contributed by atoms with van der Waals surface area (Å²) in [5.41, 5.74) is 0. The predicted octanol–water partition coefficient (Wildman–Crippen LogP) is 3.19. The molecule has 3 unspecified atom stereocenters. The first kappa shape index (κ1) is 15.8. The molecule has 2 fully saturated rings. The van der Waals surface area contributed by atoms with Crippen molar-refractivity contribution in [2.75, 3.05) is 19.6 Å². The molecule has 1 aliphatic carbocycles. The van der Waals surface area contributed by atoms with E-state index in [0.717, 1.165) is 50.7 Å². The lowest BCUT2D eigenvalue weighted by atomic mass is 9.81. The summed E-state index contributed by atoms with van der Waals surface area (Å²) in [6.45, 7) is 7.46. The first-order valence-corrected chi connectivity index (χ1v) is 8.73. The third-order valence-corrected chi connectivity index (χ3v) is 5.02. The minimum absolute atomic E-state index is 0.0916. The molecule has 2 aliphatic rings. The van der Waals surface area contributed by atoms with Crippen LogP contribution in [0.1, 0.15) is 65.2 Å². The zero-order valence-electron chi connectivity index (χ0n) is 13.4. The van der Waals surface area contributed by atoms with E-state index in [9.17, 15) is 4.79 Å². The summed E-state index contributed by atoms with van der Waals surface area (Å²) in [6, 6.07) is 0.0916. The maximum Gasteiger partial charge on any atom is 0.239 e. The van der Waals surface area contributed by atoms with Gasteiger partial charge in [-0.25, -0.2) is 0 Å². The first-order valence-electron chi connectivity index (χ1n) is 8.73. The van der Waals surface area contributed by atoms with Crippen LogP contribution in [0.3, 0.4) is 0 Å². The summed E-state index contributed by atoms with van der Waals surface area (Å²) < 4.78 is 0. The maximum absolute atomic E-state index is 12.4. The number of amides is 1. The molecule has 0 aromatic rings. The number of carbonyl (C=O) groups is 1. The molecule has 0 radical (unpaired) electrons. The van der Waals surface area contributed by atoms with E-state index >= 15 is 0 Å². The molecular formula is C17H32N2O. The van der Waals surface area contributed by atoms with Gasteiger partial charge in [0.25, 0.3) is 0 Å². The molecular weight excluding hydrogens is 248 g/mol. The Labute approximate surface area is 124 Å². The van der Waals surface area contributed by atoms with Crippen molar-refractivity contribution in [1.82, 2.24) is 10.2 Å². The van der Waals surface area contributed by atoms with Gasteiger partial charge >= 0.3 is 0 Å². The Kier molecular flexibility index (Phi) is 6.34. The second-order valence-electron chi connectivity index (χ2n) is 6.90. The zero-order chi connectivity index (χ0) is 14.4. The average molecular weight is 280 g/mol. The summed E-state index contributed by atoms with van der Waals surface area (Å²) >= 11 is 0. The smallest absolute Gasteiger partial charge is 0.239 e. The van der Waals surface area contributed by atoms with Crippen LogP contribution < -0.4 is 5.32 Å². The van der Waals surface area contributed by atoms with Crippen molar-refractivity contribution in [3.05, 3.63) is 0 Å². The zero-order valence-corrected chi connectivity index (χ0v) is 13.4. The Balaban J connectivity index is 1.75. The first-order chi connectivity index (χ1) is 9.70. The average Bonchev–Trinajstić information content (AvgIpc) is 2.45. The van der Waals surface area contributed by atoms with E-state index < -0.39 is 0 Å². The molecule has 0 aromatic carbocycles. The lowest BCUT2D eigenvalue weighted by Crippen LogP contribution is -2.51. The second kappa shape index (κ2) is 8.02. The van der Waals surface area contributed by atoms with Gasteiger partial charge in [0.15, 0.2) is 0 Å². The van der Waals surface area contributed by atoms with Gasteiger partial charge in [0, 0.05) is 13.1 Å². The van der Waals surface area contributed by atoms with Gasteiger partial charge in [-0.1, -0.05) is 33.1 Å². The SMILES string of the molecule is CCCNC1CCCN(CCC2CCCC(C)C2)C1=O. The maximum atomic E-state index is 12.4. The molecule has 20 heavy (non-hydrogen) atoms. The van der Waals surface area contributed by atoms with Crippen molar-refractivity contribution >= 4 is 5.91 Å². The molecule has 0 aromatic heterocycles. The van der Waals surface area contributed by atoms with E-state index in [0.29, 0.717) is 5.91 Å².